The van der Waals surface area contributed by atoms with Gasteiger partial charge in [-0.3, -0.25) is 9.36 Å². The van der Waals surface area contributed by atoms with Crippen LogP contribution in [0.4, 0.5) is 0 Å². The zero-order valence-electron chi connectivity index (χ0n) is 18.0. The highest BCUT2D eigenvalue weighted by Crippen LogP contribution is 2.41. The number of hydrogen-bond acceptors (Lipinski definition) is 4. The molecule has 1 fully saturated rings. The first kappa shape index (κ1) is 19.5. The lowest BCUT2D eigenvalue weighted by atomic mass is 10.0. The summed E-state index contributed by atoms with van der Waals surface area (Å²) in [5.41, 5.74) is 3.83. The lowest BCUT2D eigenvalue weighted by Crippen LogP contribution is -2.31. The topological polar surface area (TPSA) is 64.4 Å². The van der Waals surface area contributed by atoms with E-state index in [1.807, 2.05) is 78.8 Å². The van der Waals surface area contributed by atoms with Gasteiger partial charge in [0.1, 0.15) is 11.9 Å². The Morgan fingerprint density at radius 2 is 1.87 bits per heavy atom. The molecule has 0 unspecified atom stereocenters. The number of carbonyl (C=O) groups is 2. The Hall–Kier alpha value is -3.41. The highest BCUT2D eigenvalue weighted by atomic mass is 16.6. The summed E-state index contributed by atoms with van der Waals surface area (Å²) in [6, 6.07) is 15.7. The number of benzene rings is 2. The summed E-state index contributed by atoms with van der Waals surface area (Å²) in [7, 11) is 0. The Morgan fingerprint density at radius 3 is 2.61 bits per heavy atom. The van der Waals surface area contributed by atoms with Crippen LogP contribution in [0.2, 0.25) is 0 Å². The number of nitrogens with zero attached hydrogens (tertiary/aromatic N) is 3. The number of fused-ring (bicyclic) bond motifs is 5. The molecule has 3 aromatic rings. The van der Waals surface area contributed by atoms with Crippen molar-refractivity contribution in [1.82, 2.24) is 14.5 Å². The van der Waals surface area contributed by atoms with Crippen LogP contribution in [0.3, 0.4) is 0 Å². The van der Waals surface area contributed by atoms with Crippen LogP contribution >= 0.6 is 0 Å². The van der Waals surface area contributed by atoms with Gasteiger partial charge >= 0.3 is 5.97 Å². The van der Waals surface area contributed by atoms with E-state index in [0.717, 1.165) is 35.3 Å². The lowest BCUT2D eigenvalue weighted by Gasteiger charge is -2.24. The van der Waals surface area contributed by atoms with E-state index in [1.54, 1.807) is 6.33 Å². The second-order valence-electron chi connectivity index (χ2n) is 9.10. The van der Waals surface area contributed by atoms with E-state index in [1.165, 1.54) is 0 Å². The first-order chi connectivity index (χ1) is 14.8. The van der Waals surface area contributed by atoms with Crippen LogP contribution in [0.15, 0.2) is 54.9 Å². The fourth-order valence-electron chi connectivity index (χ4n) is 4.53. The van der Waals surface area contributed by atoms with Gasteiger partial charge in [-0.1, -0.05) is 36.4 Å². The standard InChI is InChI=1S/C25H25N3O3/c1-25(2,3)31-24(30)21-22-20-10-7-13-27(20)23(29)18-14-17(16-8-5-4-6-9-16)11-12-19(18)28(22)15-26-21/h4-6,8-9,11-12,14-15,20H,7,10,13H2,1-3H3/t20-/m0/s1. The Bertz CT molecular complexity index is 1170. The van der Waals surface area contributed by atoms with E-state index >= 15 is 0 Å². The quantitative estimate of drug-likeness (QED) is 0.565. The Labute approximate surface area is 181 Å². The fourth-order valence-corrected chi connectivity index (χ4v) is 4.53. The molecule has 0 spiro atoms. The molecular formula is C25H25N3O3. The molecule has 1 aromatic heterocycles. The van der Waals surface area contributed by atoms with Gasteiger partial charge in [0.05, 0.1) is 23.0 Å². The van der Waals surface area contributed by atoms with Gasteiger partial charge in [-0.05, 0) is 56.9 Å². The number of imidazole rings is 1. The predicted molar refractivity (Wildman–Crippen MR) is 117 cm³/mol. The predicted octanol–water partition coefficient (Wildman–Crippen LogP) is 4.79. The molecule has 0 saturated carbocycles. The first-order valence-corrected chi connectivity index (χ1v) is 10.6. The van der Waals surface area contributed by atoms with Gasteiger partial charge in [0, 0.05) is 6.54 Å². The maximum absolute atomic E-state index is 13.6. The Balaban J connectivity index is 1.67. The molecule has 158 valence electrons. The highest BCUT2D eigenvalue weighted by molar-refractivity contribution is 6.01. The largest absolute Gasteiger partial charge is 0.455 e. The van der Waals surface area contributed by atoms with Crippen molar-refractivity contribution in [1.29, 1.82) is 0 Å². The molecule has 31 heavy (non-hydrogen) atoms. The molecule has 2 aliphatic rings. The molecule has 1 amide bonds. The van der Waals surface area contributed by atoms with Crippen LogP contribution in [-0.2, 0) is 4.74 Å². The third-order valence-corrected chi connectivity index (χ3v) is 5.82. The molecule has 1 saturated heterocycles. The number of rotatable bonds is 2. The number of carbonyl (C=O) groups excluding carboxylic acids is 2. The average Bonchev–Trinajstić information content (AvgIpc) is 3.37. The van der Waals surface area contributed by atoms with Crippen LogP contribution in [-0.4, -0.2) is 38.5 Å². The number of amides is 1. The lowest BCUT2D eigenvalue weighted by molar-refractivity contribution is 0.00595. The van der Waals surface area contributed by atoms with E-state index in [0.29, 0.717) is 17.8 Å². The second kappa shape index (κ2) is 7.08. The van der Waals surface area contributed by atoms with Crippen LogP contribution in [0, 0.1) is 0 Å². The number of ether oxygens (including phenoxy) is 1. The monoisotopic (exact) mass is 415 g/mol. The summed E-state index contributed by atoms with van der Waals surface area (Å²) in [5.74, 6) is -0.459. The molecule has 3 heterocycles. The first-order valence-electron chi connectivity index (χ1n) is 10.6. The third kappa shape index (κ3) is 3.32. The summed E-state index contributed by atoms with van der Waals surface area (Å²) >= 11 is 0. The van der Waals surface area contributed by atoms with Crippen molar-refractivity contribution in [3.05, 3.63) is 71.8 Å². The van der Waals surface area contributed by atoms with Gasteiger partial charge in [-0.2, -0.15) is 0 Å². The summed E-state index contributed by atoms with van der Waals surface area (Å²) in [6.07, 6.45) is 3.33. The maximum Gasteiger partial charge on any atom is 0.359 e. The van der Waals surface area contributed by atoms with Crippen molar-refractivity contribution in [2.24, 2.45) is 0 Å². The molecule has 1 atom stereocenters. The van der Waals surface area contributed by atoms with Gasteiger partial charge in [-0.15, -0.1) is 0 Å². The van der Waals surface area contributed by atoms with Gasteiger partial charge in [0.2, 0.25) is 0 Å². The minimum Gasteiger partial charge on any atom is -0.455 e. The molecule has 0 bridgehead atoms. The van der Waals surface area contributed by atoms with E-state index < -0.39 is 11.6 Å². The second-order valence-corrected chi connectivity index (χ2v) is 9.10. The van der Waals surface area contributed by atoms with Crippen LogP contribution in [0.1, 0.15) is 66.2 Å². The van der Waals surface area contributed by atoms with Gasteiger partial charge in [0.15, 0.2) is 5.69 Å². The van der Waals surface area contributed by atoms with Crippen molar-refractivity contribution in [3.63, 3.8) is 0 Å². The zero-order valence-corrected chi connectivity index (χ0v) is 18.0. The molecule has 5 rings (SSSR count). The van der Waals surface area contributed by atoms with E-state index in [9.17, 15) is 9.59 Å². The molecular weight excluding hydrogens is 390 g/mol. The maximum atomic E-state index is 13.6. The van der Waals surface area contributed by atoms with Gasteiger partial charge in [-0.25, -0.2) is 9.78 Å². The summed E-state index contributed by atoms with van der Waals surface area (Å²) in [5, 5.41) is 0. The van der Waals surface area contributed by atoms with Crippen LogP contribution in [0.5, 0.6) is 0 Å². The van der Waals surface area contributed by atoms with Crippen LogP contribution in [0.25, 0.3) is 16.8 Å². The van der Waals surface area contributed by atoms with Crippen molar-refractivity contribution < 1.29 is 14.3 Å². The van der Waals surface area contributed by atoms with Gasteiger partial charge < -0.3 is 9.64 Å². The Kier molecular flexibility index (Phi) is 4.46. The average molecular weight is 415 g/mol. The number of esters is 1. The van der Waals surface area contributed by atoms with E-state index in [2.05, 4.69) is 4.98 Å². The van der Waals surface area contributed by atoms with Crippen LogP contribution < -0.4 is 0 Å². The summed E-state index contributed by atoms with van der Waals surface area (Å²) in [6.45, 7) is 6.18. The van der Waals surface area contributed by atoms with Gasteiger partial charge in [0.25, 0.3) is 5.91 Å². The number of aromatic nitrogens is 2. The molecule has 0 N–H and O–H groups in total. The fraction of sp³-hybridized carbons (Fsp3) is 0.320. The molecule has 6 heteroatoms. The van der Waals surface area contributed by atoms with Crippen molar-refractivity contribution in [2.45, 2.75) is 45.3 Å². The van der Waals surface area contributed by atoms with Crippen molar-refractivity contribution in [3.8, 4) is 16.8 Å². The summed E-state index contributed by atoms with van der Waals surface area (Å²) < 4.78 is 7.51. The Morgan fingerprint density at radius 1 is 1.10 bits per heavy atom. The minimum atomic E-state index is -0.619. The molecule has 2 aromatic carbocycles. The summed E-state index contributed by atoms with van der Waals surface area (Å²) in [4.78, 5) is 32.8. The van der Waals surface area contributed by atoms with E-state index in [4.69, 9.17) is 4.74 Å². The number of hydrogen-bond donors (Lipinski definition) is 0. The normalized spacial score (nSPS) is 17.6. The molecule has 2 aliphatic heterocycles. The van der Waals surface area contributed by atoms with Crippen molar-refractivity contribution in [2.75, 3.05) is 6.54 Å². The third-order valence-electron chi connectivity index (χ3n) is 5.82. The molecule has 0 radical (unpaired) electrons. The SMILES string of the molecule is CC(C)(C)OC(=O)c1ncn2c1[C@@H]1CCCN1C(=O)c1cc(-c3ccccc3)ccc1-2. The smallest absolute Gasteiger partial charge is 0.359 e. The van der Waals surface area contributed by atoms with Crippen molar-refractivity contribution >= 4 is 11.9 Å². The molecule has 6 nitrogen and oxygen atoms in total. The zero-order chi connectivity index (χ0) is 21.8. The molecule has 0 aliphatic carbocycles. The van der Waals surface area contributed by atoms with E-state index in [-0.39, 0.29) is 11.9 Å². The minimum absolute atomic E-state index is 0.00544. The highest BCUT2D eigenvalue weighted by Gasteiger charge is 2.40.